The van der Waals surface area contributed by atoms with E-state index in [2.05, 4.69) is 20.3 Å². The largest absolute Gasteiger partial charge is 0.481 e. The summed E-state index contributed by atoms with van der Waals surface area (Å²) in [5.41, 5.74) is 0.809. The van der Waals surface area contributed by atoms with Crippen LogP contribution in [-0.2, 0) is 0 Å². The Bertz CT molecular complexity index is 545. The first-order valence-electron chi connectivity index (χ1n) is 6.01. The van der Waals surface area contributed by atoms with E-state index in [4.69, 9.17) is 4.74 Å². The van der Waals surface area contributed by atoms with Gasteiger partial charge in [0.15, 0.2) is 5.82 Å². The number of nitrogens with zero attached hydrogens (tertiary/aromatic N) is 3. The summed E-state index contributed by atoms with van der Waals surface area (Å²) in [7, 11) is 1.53. The van der Waals surface area contributed by atoms with Gasteiger partial charge in [-0.05, 0) is 12.5 Å². The Balaban J connectivity index is 2.31. The molecule has 0 fully saturated rings. The number of aromatic nitrogens is 3. The normalized spacial score (nSPS) is 10.3. The molecule has 0 aliphatic rings. The first kappa shape index (κ1) is 13.2. The van der Waals surface area contributed by atoms with Crippen LogP contribution in [-0.4, -0.2) is 28.6 Å². The van der Waals surface area contributed by atoms with E-state index in [0.29, 0.717) is 17.4 Å². The van der Waals surface area contributed by atoms with Crippen molar-refractivity contribution in [1.82, 2.24) is 15.0 Å². The molecule has 0 unspecified atom stereocenters. The van der Waals surface area contributed by atoms with Crippen LogP contribution in [0.3, 0.4) is 0 Å². The summed E-state index contributed by atoms with van der Waals surface area (Å²) in [6.45, 7) is 2.77. The van der Waals surface area contributed by atoms with Crippen LogP contribution in [0.5, 0.6) is 5.88 Å². The number of rotatable bonds is 5. The molecule has 0 saturated carbocycles. The molecule has 0 aliphatic heterocycles. The van der Waals surface area contributed by atoms with E-state index in [1.165, 1.54) is 13.3 Å². The van der Waals surface area contributed by atoms with E-state index in [-0.39, 0.29) is 5.69 Å². The number of methoxy groups -OCH3 is 1. The Morgan fingerprint density at radius 2 is 2.11 bits per heavy atom. The number of pyridine rings is 1. The van der Waals surface area contributed by atoms with Crippen LogP contribution in [0.25, 0.3) is 11.3 Å². The molecule has 0 saturated heterocycles. The summed E-state index contributed by atoms with van der Waals surface area (Å²) >= 11 is 0. The molecule has 5 nitrogen and oxygen atoms in total. The molecule has 0 aliphatic carbocycles. The van der Waals surface area contributed by atoms with Gasteiger partial charge in [-0.2, -0.15) is 0 Å². The van der Waals surface area contributed by atoms with Crippen LogP contribution in [0.15, 0.2) is 24.5 Å². The fourth-order valence-electron chi connectivity index (χ4n) is 1.53. The number of hydrogen-bond donors (Lipinski definition) is 1. The van der Waals surface area contributed by atoms with Crippen molar-refractivity contribution in [1.29, 1.82) is 0 Å². The molecule has 2 aromatic heterocycles. The van der Waals surface area contributed by atoms with Crippen LogP contribution in [0.1, 0.15) is 13.3 Å². The Morgan fingerprint density at radius 1 is 1.26 bits per heavy atom. The second-order valence-corrected chi connectivity index (χ2v) is 3.91. The highest BCUT2D eigenvalue weighted by Crippen LogP contribution is 2.21. The van der Waals surface area contributed by atoms with E-state index in [1.807, 2.05) is 6.92 Å². The maximum atomic E-state index is 13.7. The Hall–Kier alpha value is -2.24. The molecule has 0 atom stereocenters. The van der Waals surface area contributed by atoms with Gasteiger partial charge in [0, 0.05) is 24.4 Å². The zero-order chi connectivity index (χ0) is 13.7. The lowest BCUT2D eigenvalue weighted by Crippen LogP contribution is -2.05. The van der Waals surface area contributed by atoms with Gasteiger partial charge in [0.25, 0.3) is 0 Å². The average Bonchev–Trinajstić information content (AvgIpc) is 2.46. The fraction of sp³-hybridized carbons (Fsp3) is 0.308. The van der Waals surface area contributed by atoms with Crippen molar-refractivity contribution in [3.05, 3.63) is 30.3 Å². The van der Waals surface area contributed by atoms with Crippen molar-refractivity contribution in [3.63, 3.8) is 0 Å². The van der Waals surface area contributed by atoms with Gasteiger partial charge in [0.2, 0.25) is 11.8 Å². The molecular weight excluding hydrogens is 247 g/mol. The Labute approximate surface area is 110 Å². The topological polar surface area (TPSA) is 59.9 Å². The second kappa shape index (κ2) is 6.08. The fourth-order valence-corrected chi connectivity index (χ4v) is 1.53. The van der Waals surface area contributed by atoms with E-state index in [0.717, 1.165) is 19.2 Å². The van der Waals surface area contributed by atoms with Crippen LogP contribution in [0.2, 0.25) is 0 Å². The van der Waals surface area contributed by atoms with Gasteiger partial charge >= 0.3 is 0 Å². The summed E-state index contributed by atoms with van der Waals surface area (Å²) in [4.78, 5) is 12.1. The van der Waals surface area contributed by atoms with E-state index >= 15 is 0 Å². The molecule has 2 rings (SSSR count). The van der Waals surface area contributed by atoms with Gasteiger partial charge < -0.3 is 10.1 Å². The number of nitrogens with one attached hydrogen (secondary N) is 1. The van der Waals surface area contributed by atoms with Crippen molar-refractivity contribution in [2.75, 3.05) is 19.0 Å². The molecule has 0 radical (unpaired) electrons. The third-order valence-corrected chi connectivity index (χ3v) is 2.50. The maximum absolute atomic E-state index is 13.7. The Morgan fingerprint density at radius 3 is 2.74 bits per heavy atom. The molecule has 0 aromatic carbocycles. The highest BCUT2D eigenvalue weighted by Gasteiger charge is 2.10. The van der Waals surface area contributed by atoms with Crippen molar-refractivity contribution < 1.29 is 9.13 Å². The van der Waals surface area contributed by atoms with Gasteiger partial charge in [0.1, 0.15) is 5.69 Å². The second-order valence-electron chi connectivity index (χ2n) is 3.91. The average molecular weight is 262 g/mol. The molecule has 2 heterocycles. The molecule has 6 heteroatoms. The smallest absolute Gasteiger partial charge is 0.223 e. The first-order valence-corrected chi connectivity index (χ1v) is 6.01. The lowest BCUT2D eigenvalue weighted by molar-refractivity contribution is 0.398. The van der Waals surface area contributed by atoms with Gasteiger partial charge in [-0.25, -0.2) is 19.3 Å². The predicted octanol–water partition coefficient (Wildman–Crippen LogP) is 2.51. The molecule has 1 N–H and O–H groups in total. The molecular formula is C13H15FN4O. The van der Waals surface area contributed by atoms with Crippen LogP contribution in [0, 0.1) is 5.82 Å². The zero-order valence-electron chi connectivity index (χ0n) is 10.9. The van der Waals surface area contributed by atoms with Gasteiger partial charge in [-0.15, -0.1) is 0 Å². The first-order chi connectivity index (χ1) is 9.24. The zero-order valence-corrected chi connectivity index (χ0v) is 10.9. The summed E-state index contributed by atoms with van der Waals surface area (Å²) < 4.78 is 18.7. The minimum Gasteiger partial charge on any atom is -0.481 e. The summed E-state index contributed by atoms with van der Waals surface area (Å²) in [6, 6.07) is 3.37. The van der Waals surface area contributed by atoms with Gasteiger partial charge in [-0.3, -0.25) is 0 Å². The molecule has 100 valence electrons. The van der Waals surface area contributed by atoms with Crippen molar-refractivity contribution in [2.24, 2.45) is 0 Å². The van der Waals surface area contributed by atoms with Crippen LogP contribution in [0.4, 0.5) is 10.3 Å². The van der Waals surface area contributed by atoms with Crippen molar-refractivity contribution in [2.45, 2.75) is 13.3 Å². The molecule has 19 heavy (non-hydrogen) atoms. The van der Waals surface area contributed by atoms with Crippen LogP contribution >= 0.6 is 0 Å². The number of ether oxygens (including phenoxy) is 1. The van der Waals surface area contributed by atoms with Crippen LogP contribution < -0.4 is 10.1 Å². The van der Waals surface area contributed by atoms with Crippen molar-refractivity contribution in [3.8, 4) is 17.1 Å². The predicted molar refractivity (Wildman–Crippen MR) is 70.6 cm³/mol. The van der Waals surface area contributed by atoms with Crippen molar-refractivity contribution >= 4 is 5.95 Å². The SMILES string of the molecule is CCCNc1ncc(F)c(-c2ccc(OC)nc2)n1. The highest BCUT2D eigenvalue weighted by molar-refractivity contribution is 5.60. The third-order valence-electron chi connectivity index (χ3n) is 2.50. The monoisotopic (exact) mass is 262 g/mol. The number of hydrogen-bond acceptors (Lipinski definition) is 5. The van der Waals surface area contributed by atoms with Gasteiger partial charge in [0.05, 0.1) is 13.3 Å². The Kier molecular flexibility index (Phi) is 4.22. The summed E-state index contributed by atoms with van der Waals surface area (Å²) in [6.07, 6.45) is 3.62. The van der Waals surface area contributed by atoms with Gasteiger partial charge in [-0.1, -0.05) is 6.92 Å². The minimum atomic E-state index is -0.478. The van der Waals surface area contributed by atoms with E-state index in [1.54, 1.807) is 12.1 Å². The molecule has 0 amide bonds. The molecule has 2 aromatic rings. The summed E-state index contributed by atoms with van der Waals surface area (Å²) in [5.74, 6) is 0.408. The third kappa shape index (κ3) is 3.15. The minimum absolute atomic E-state index is 0.226. The molecule has 0 bridgehead atoms. The number of anilines is 1. The summed E-state index contributed by atoms with van der Waals surface area (Å²) in [5, 5.41) is 3.02. The van der Waals surface area contributed by atoms with E-state index in [9.17, 15) is 4.39 Å². The lowest BCUT2D eigenvalue weighted by atomic mass is 10.2. The molecule has 0 spiro atoms. The standard InChI is InChI=1S/C13H15FN4O/c1-3-6-15-13-17-8-10(14)12(18-13)9-4-5-11(19-2)16-7-9/h4-5,7-8H,3,6H2,1-2H3,(H,15,17,18). The highest BCUT2D eigenvalue weighted by atomic mass is 19.1. The quantitative estimate of drug-likeness (QED) is 0.897. The van der Waals surface area contributed by atoms with E-state index < -0.39 is 5.82 Å². The lowest BCUT2D eigenvalue weighted by Gasteiger charge is -2.07. The maximum Gasteiger partial charge on any atom is 0.223 e. The number of halogens is 1.